The van der Waals surface area contributed by atoms with Crippen molar-refractivity contribution in [3.8, 4) is 6.07 Å². The zero-order valence-electron chi connectivity index (χ0n) is 6.41. The molecule has 0 bridgehead atoms. The van der Waals surface area contributed by atoms with Crippen molar-refractivity contribution in [1.82, 2.24) is 0 Å². The molecule has 10 heavy (non-hydrogen) atoms. The van der Waals surface area contributed by atoms with Crippen LogP contribution < -0.4 is 0 Å². The largest absolute Gasteiger partial charge is 0.428 e. The standard InChI is InChI=1S/C6H11F2NSi/c1-6(2,4-5-9)10(3,7)8/h4H2,1-3H3. The van der Waals surface area contributed by atoms with E-state index in [1.165, 1.54) is 13.8 Å². The fourth-order valence-corrected chi connectivity index (χ4v) is 0.742. The summed E-state index contributed by atoms with van der Waals surface area (Å²) in [5, 5.41) is 7.14. The molecule has 0 radical (unpaired) electrons. The van der Waals surface area contributed by atoms with Gasteiger partial charge in [-0.15, -0.1) is 0 Å². The van der Waals surface area contributed by atoms with E-state index in [-0.39, 0.29) is 6.42 Å². The molecule has 0 aliphatic heterocycles. The van der Waals surface area contributed by atoms with Gasteiger partial charge in [-0.05, 0) is 6.55 Å². The van der Waals surface area contributed by atoms with Crippen molar-refractivity contribution >= 4 is 8.74 Å². The average molecular weight is 163 g/mol. The molecule has 0 heterocycles. The van der Waals surface area contributed by atoms with Crippen LogP contribution in [0.15, 0.2) is 0 Å². The first kappa shape index (κ1) is 9.57. The quantitative estimate of drug-likeness (QED) is 0.453. The van der Waals surface area contributed by atoms with Gasteiger partial charge in [0.05, 0.1) is 6.07 Å². The first-order valence-corrected chi connectivity index (χ1v) is 5.31. The highest BCUT2D eigenvalue weighted by molar-refractivity contribution is 6.67. The van der Waals surface area contributed by atoms with Gasteiger partial charge in [0, 0.05) is 11.5 Å². The predicted octanol–water partition coefficient (Wildman–Crippen LogP) is 2.69. The van der Waals surface area contributed by atoms with Crippen LogP contribution in [-0.2, 0) is 0 Å². The van der Waals surface area contributed by atoms with E-state index in [1.54, 1.807) is 6.07 Å². The van der Waals surface area contributed by atoms with Crippen LogP contribution in [0.2, 0.25) is 11.6 Å². The number of halogens is 2. The summed E-state index contributed by atoms with van der Waals surface area (Å²) in [7, 11) is -4.13. The van der Waals surface area contributed by atoms with Crippen LogP contribution >= 0.6 is 0 Å². The predicted molar refractivity (Wildman–Crippen MR) is 38.1 cm³/mol. The van der Waals surface area contributed by atoms with Crippen molar-refractivity contribution in [2.45, 2.75) is 31.9 Å². The SMILES string of the molecule is CC(C)(CC#N)[Si](C)(F)F. The molecule has 0 saturated carbocycles. The van der Waals surface area contributed by atoms with Crippen LogP contribution in [0.4, 0.5) is 8.22 Å². The van der Waals surface area contributed by atoms with Crippen LogP contribution in [0.3, 0.4) is 0 Å². The topological polar surface area (TPSA) is 23.8 Å². The van der Waals surface area contributed by atoms with E-state index in [0.29, 0.717) is 0 Å². The molecule has 0 aromatic rings. The third-order valence-electron chi connectivity index (χ3n) is 1.71. The summed E-state index contributed by atoms with van der Waals surface area (Å²) in [5.41, 5.74) is 0. The van der Waals surface area contributed by atoms with Crippen LogP contribution in [0.1, 0.15) is 20.3 Å². The van der Waals surface area contributed by atoms with Gasteiger partial charge >= 0.3 is 8.74 Å². The summed E-state index contributed by atoms with van der Waals surface area (Å²) in [6.07, 6.45) is -0.0529. The molecule has 0 aromatic heterocycles. The van der Waals surface area contributed by atoms with Crippen molar-refractivity contribution in [2.24, 2.45) is 0 Å². The Kier molecular flexibility index (Phi) is 2.55. The lowest BCUT2D eigenvalue weighted by Gasteiger charge is -2.25. The second kappa shape index (κ2) is 2.66. The lowest BCUT2D eigenvalue weighted by Crippen LogP contribution is -2.32. The molecule has 58 valence electrons. The molecule has 4 heteroatoms. The zero-order valence-corrected chi connectivity index (χ0v) is 7.41. The van der Waals surface area contributed by atoms with Gasteiger partial charge in [0.25, 0.3) is 0 Å². The Hall–Kier alpha value is -0.433. The zero-order chi connectivity index (χ0) is 8.41. The maximum Gasteiger partial charge on any atom is 0.428 e. The van der Waals surface area contributed by atoms with Gasteiger partial charge in [0.1, 0.15) is 0 Å². The number of nitriles is 1. The van der Waals surface area contributed by atoms with Gasteiger partial charge in [0.15, 0.2) is 0 Å². The third kappa shape index (κ3) is 2.07. The minimum absolute atomic E-state index is 0.0529. The number of nitrogens with zero attached hydrogens (tertiary/aromatic N) is 1. The third-order valence-corrected chi connectivity index (χ3v) is 4.26. The summed E-state index contributed by atoms with van der Waals surface area (Å²) in [6, 6.07) is 1.77. The molecule has 1 nitrogen and oxygen atoms in total. The van der Waals surface area contributed by atoms with Crippen LogP contribution in [0, 0.1) is 11.3 Å². The Balaban J connectivity index is 4.28. The van der Waals surface area contributed by atoms with E-state index >= 15 is 0 Å². The van der Waals surface area contributed by atoms with Gasteiger partial charge in [-0.25, -0.2) is 0 Å². The summed E-state index contributed by atoms with van der Waals surface area (Å²) in [5.74, 6) is 0. The molecule has 0 aromatic carbocycles. The molecule has 0 fully saturated rings. The number of rotatable bonds is 2. The Morgan fingerprint density at radius 2 is 1.90 bits per heavy atom. The van der Waals surface area contributed by atoms with E-state index in [2.05, 4.69) is 0 Å². The second-order valence-corrected chi connectivity index (χ2v) is 6.24. The molecule has 0 N–H and O–H groups in total. The number of hydrogen-bond donors (Lipinski definition) is 0. The van der Waals surface area contributed by atoms with Crippen LogP contribution in [-0.4, -0.2) is 8.74 Å². The fraction of sp³-hybridized carbons (Fsp3) is 0.833. The molecule has 0 aliphatic rings. The fourth-order valence-electron chi connectivity index (χ4n) is 0.353. The van der Waals surface area contributed by atoms with E-state index < -0.39 is 13.8 Å². The lowest BCUT2D eigenvalue weighted by molar-refractivity contribution is 0.487. The Morgan fingerprint density at radius 1 is 1.50 bits per heavy atom. The lowest BCUT2D eigenvalue weighted by atomic mass is 10.1. The van der Waals surface area contributed by atoms with Gasteiger partial charge in [0.2, 0.25) is 0 Å². The highest BCUT2D eigenvalue weighted by Crippen LogP contribution is 2.41. The second-order valence-electron chi connectivity index (χ2n) is 3.11. The normalized spacial score (nSPS) is 12.8. The smallest absolute Gasteiger partial charge is 0.270 e. The monoisotopic (exact) mass is 163 g/mol. The van der Waals surface area contributed by atoms with Gasteiger partial charge in [-0.1, -0.05) is 13.8 Å². The van der Waals surface area contributed by atoms with Crippen molar-refractivity contribution in [3.63, 3.8) is 0 Å². The minimum Gasteiger partial charge on any atom is -0.270 e. The van der Waals surface area contributed by atoms with Gasteiger partial charge < -0.3 is 0 Å². The number of hydrogen-bond acceptors (Lipinski definition) is 1. The first-order valence-electron chi connectivity index (χ1n) is 3.06. The molecule has 0 unspecified atom stereocenters. The van der Waals surface area contributed by atoms with Gasteiger partial charge in [-0.3, -0.25) is 8.22 Å². The highest BCUT2D eigenvalue weighted by atomic mass is 28.4. The highest BCUT2D eigenvalue weighted by Gasteiger charge is 2.46. The molecule has 0 spiro atoms. The minimum atomic E-state index is -4.13. The first-order chi connectivity index (χ1) is 4.31. The molecule has 0 aliphatic carbocycles. The maximum atomic E-state index is 12.7. The van der Waals surface area contributed by atoms with Gasteiger partial charge in [-0.2, -0.15) is 5.26 Å². The summed E-state index contributed by atoms with van der Waals surface area (Å²) in [6.45, 7) is 3.87. The average Bonchev–Trinajstić information content (AvgIpc) is 1.61. The molecule has 0 amide bonds. The van der Waals surface area contributed by atoms with Crippen molar-refractivity contribution in [3.05, 3.63) is 0 Å². The van der Waals surface area contributed by atoms with E-state index in [0.717, 1.165) is 6.55 Å². The molecule has 0 atom stereocenters. The van der Waals surface area contributed by atoms with Crippen LogP contribution in [0.5, 0.6) is 0 Å². The molecular weight excluding hydrogens is 152 g/mol. The van der Waals surface area contributed by atoms with E-state index in [1.807, 2.05) is 0 Å². The summed E-state index contributed by atoms with van der Waals surface area (Å²) in [4.78, 5) is 0. The van der Waals surface area contributed by atoms with Crippen molar-refractivity contribution in [1.29, 1.82) is 5.26 Å². The Bertz CT molecular complexity index is 154. The summed E-state index contributed by atoms with van der Waals surface area (Å²) >= 11 is 0. The van der Waals surface area contributed by atoms with Crippen LogP contribution in [0.25, 0.3) is 0 Å². The van der Waals surface area contributed by atoms with Crippen molar-refractivity contribution < 1.29 is 8.22 Å². The Morgan fingerprint density at radius 3 is 2.00 bits per heavy atom. The Labute approximate surface area is 61.0 Å². The molecular formula is C6H11F2NSi. The molecule has 0 saturated heterocycles. The molecule has 0 rings (SSSR count). The van der Waals surface area contributed by atoms with Crippen molar-refractivity contribution in [2.75, 3.05) is 0 Å². The summed E-state index contributed by atoms with van der Waals surface area (Å²) < 4.78 is 25.3. The van der Waals surface area contributed by atoms with E-state index in [4.69, 9.17) is 5.26 Å². The van der Waals surface area contributed by atoms with E-state index in [9.17, 15) is 8.22 Å². The maximum absolute atomic E-state index is 12.7.